The number of amides is 1. The van der Waals surface area contributed by atoms with Crippen molar-refractivity contribution in [3.8, 4) is 11.8 Å². The van der Waals surface area contributed by atoms with Crippen molar-refractivity contribution in [1.82, 2.24) is 20.3 Å². The van der Waals surface area contributed by atoms with Gasteiger partial charge in [0.1, 0.15) is 11.4 Å². The third-order valence-corrected chi connectivity index (χ3v) is 5.22. The first-order chi connectivity index (χ1) is 15.8. The minimum Gasteiger partial charge on any atom is -0.618 e. The topological polar surface area (TPSA) is 123 Å². The summed E-state index contributed by atoms with van der Waals surface area (Å²) in [5.41, 5.74) is 3.57. The van der Waals surface area contributed by atoms with Gasteiger partial charge in [0.2, 0.25) is 11.9 Å². The Labute approximate surface area is 200 Å². The first-order valence-electron chi connectivity index (χ1n) is 11.0. The zero-order chi connectivity index (χ0) is 25.3. The van der Waals surface area contributed by atoms with Gasteiger partial charge in [0.15, 0.2) is 5.69 Å². The second-order valence-electron chi connectivity index (χ2n) is 10.6. The molecule has 3 rings (SSSR count). The predicted octanol–water partition coefficient (Wildman–Crippen LogP) is 3.90. The van der Waals surface area contributed by atoms with E-state index in [4.69, 9.17) is 0 Å². The molecule has 2 N–H and O–H groups in total. The molecule has 178 valence electrons. The van der Waals surface area contributed by atoms with Crippen LogP contribution in [0, 0.1) is 28.9 Å². The van der Waals surface area contributed by atoms with Crippen LogP contribution in [-0.4, -0.2) is 27.4 Å². The average molecular weight is 462 g/mol. The first-order valence-corrected chi connectivity index (χ1v) is 11.0. The number of nitriles is 1. The van der Waals surface area contributed by atoms with Gasteiger partial charge in [0.25, 0.3) is 5.91 Å². The number of nitrogens with zero attached hydrogens (tertiary/aromatic N) is 5. The van der Waals surface area contributed by atoms with Gasteiger partial charge in [-0.1, -0.05) is 46.8 Å². The highest BCUT2D eigenvalue weighted by atomic mass is 16.5. The lowest BCUT2D eigenvalue weighted by atomic mass is 9.86. The van der Waals surface area contributed by atoms with E-state index >= 15 is 0 Å². The van der Waals surface area contributed by atoms with Gasteiger partial charge in [-0.25, -0.2) is 4.68 Å². The number of carbonyl (C=O) groups is 1. The summed E-state index contributed by atoms with van der Waals surface area (Å²) in [5, 5.41) is 36.1. The largest absolute Gasteiger partial charge is 0.618 e. The molecule has 0 spiro atoms. The number of nitrogens with one attached hydrogen (secondary N) is 2. The zero-order valence-corrected chi connectivity index (χ0v) is 20.7. The van der Waals surface area contributed by atoms with E-state index in [1.54, 1.807) is 19.1 Å². The second-order valence-corrected chi connectivity index (χ2v) is 10.6. The zero-order valence-electron chi connectivity index (χ0n) is 20.7. The lowest BCUT2D eigenvalue weighted by molar-refractivity contribution is -0.611. The fourth-order valence-electron chi connectivity index (χ4n) is 3.21. The van der Waals surface area contributed by atoms with Crippen LogP contribution < -0.4 is 15.4 Å². The van der Waals surface area contributed by atoms with E-state index in [0.29, 0.717) is 34.9 Å². The molecule has 1 amide bonds. The molecule has 0 fully saturated rings. The minimum atomic E-state index is -0.328. The SMILES string of the molecule is Cc1c(-n2cc(C(=O)NCC(C)(C)C)nn2)cc(Nc2cc(C#N)cc(C(C)(C)C)c2)c[n+]1[O-]. The smallest absolute Gasteiger partial charge is 0.273 e. The highest BCUT2D eigenvalue weighted by Gasteiger charge is 2.20. The number of carbonyl (C=O) groups excluding carboxylic acids is 1. The molecule has 0 radical (unpaired) electrons. The maximum absolute atomic E-state index is 12.6. The van der Waals surface area contributed by atoms with E-state index < -0.39 is 0 Å². The second kappa shape index (κ2) is 9.14. The predicted molar refractivity (Wildman–Crippen MR) is 130 cm³/mol. The van der Waals surface area contributed by atoms with Crippen molar-refractivity contribution >= 4 is 17.3 Å². The number of hydrogen-bond donors (Lipinski definition) is 2. The van der Waals surface area contributed by atoms with Crippen LogP contribution in [0.4, 0.5) is 11.4 Å². The molecule has 0 aliphatic rings. The molecule has 34 heavy (non-hydrogen) atoms. The molecule has 3 aromatic rings. The molecular weight excluding hydrogens is 430 g/mol. The molecule has 0 saturated carbocycles. The summed E-state index contributed by atoms with van der Waals surface area (Å²) in [6.07, 6.45) is 2.92. The molecule has 0 bridgehead atoms. The summed E-state index contributed by atoms with van der Waals surface area (Å²) in [6.45, 7) is 14.5. The molecule has 0 aliphatic heterocycles. The Bertz CT molecular complexity index is 1260. The molecular formula is C25H31N7O2. The van der Waals surface area contributed by atoms with Crippen molar-refractivity contribution in [3.05, 3.63) is 64.4 Å². The Morgan fingerprint density at radius 2 is 1.85 bits per heavy atom. The molecule has 0 atom stereocenters. The third kappa shape index (κ3) is 5.90. The summed E-state index contributed by atoms with van der Waals surface area (Å²) in [4.78, 5) is 12.4. The highest BCUT2D eigenvalue weighted by molar-refractivity contribution is 5.91. The van der Waals surface area contributed by atoms with Crippen LogP contribution in [0.5, 0.6) is 0 Å². The van der Waals surface area contributed by atoms with Crippen molar-refractivity contribution in [1.29, 1.82) is 5.26 Å². The Kier molecular flexibility index (Phi) is 6.64. The molecule has 0 unspecified atom stereocenters. The Balaban J connectivity index is 1.92. The number of benzene rings is 1. The fraction of sp³-hybridized carbons (Fsp3) is 0.400. The molecule has 9 nitrogen and oxygen atoms in total. The van der Waals surface area contributed by atoms with Crippen LogP contribution in [0.2, 0.25) is 0 Å². The lowest BCUT2D eigenvalue weighted by Crippen LogP contribution is -2.32. The number of pyridine rings is 1. The molecule has 1 aromatic carbocycles. The Morgan fingerprint density at radius 1 is 1.15 bits per heavy atom. The van der Waals surface area contributed by atoms with E-state index in [2.05, 4.69) is 47.8 Å². The first kappa shape index (κ1) is 24.7. The average Bonchev–Trinajstić information content (AvgIpc) is 3.23. The van der Waals surface area contributed by atoms with Crippen LogP contribution in [0.1, 0.15) is 68.9 Å². The monoisotopic (exact) mass is 461 g/mol. The number of anilines is 2. The van der Waals surface area contributed by atoms with E-state index in [1.165, 1.54) is 17.1 Å². The summed E-state index contributed by atoms with van der Waals surface area (Å²) < 4.78 is 2.14. The molecule has 9 heteroatoms. The van der Waals surface area contributed by atoms with Crippen LogP contribution in [0.25, 0.3) is 5.69 Å². The number of rotatable bonds is 5. The molecule has 2 heterocycles. The van der Waals surface area contributed by atoms with E-state index in [-0.39, 0.29) is 22.4 Å². The van der Waals surface area contributed by atoms with Gasteiger partial charge in [0, 0.05) is 25.2 Å². The van der Waals surface area contributed by atoms with Crippen LogP contribution in [-0.2, 0) is 5.41 Å². The third-order valence-electron chi connectivity index (χ3n) is 5.22. The standard InChI is InChI=1S/C25H31N7O2/c1-16-22(31-14-21(29-30-31)23(33)27-15-24(2,3)4)11-20(13-32(16)34)28-19-9-17(12-26)8-18(10-19)25(5,6)7/h8-11,13-14,28H,15H2,1-7H3,(H,27,33). The van der Waals surface area contributed by atoms with Gasteiger partial charge in [-0.05, 0) is 34.6 Å². The Morgan fingerprint density at radius 3 is 2.47 bits per heavy atom. The van der Waals surface area contributed by atoms with Crippen LogP contribution in [0.15, 0.2) is 36.7 Å². The van der Waals surface area contributed by atoms with Gasteiger partial charge in [-0.3, -0.25) is 4.79 Å². The van der Waals surface area contributed by atoms with Crippen LogP contribution >= 0.6 is 0 Å². The highest BCUT2D eigenvalue weighted by Crippen LogP contribution is 2.28. The molecule has 0 saturated heterocycles. The van der Waals surface area contributed by atoms with Gasteiger partial charge in [-0.2, -0.15) is 9.99 Å². The summed E-state index contributed by atoms with van der Waals surface area (Å²) in [6, 6.07) is 9.50. The maximum atomic E-state index is 12.6. The van der Waals surface area contributed by atoms with Gasteiger partial charge < -0.3 is 15.8 Å². The van der Waals surface area contributed by atoms with E-state index in [0.717, 1.165) is 10.3 Å². The van der Waals surface area contributed by atoms with Crippen molar-refractivity contribution in [2.75, 3.05) is 11.9 Å². The number of hydrogen-bond acceptors (Lipinski definition) is 6. The Hall–Kier alpha value is -3.93. The van der Waals surface area contributed by atoms with Crippen molar-refractivity contribution in [2.45, 2.75) is 53.9 Å². The van der Waals surface area contributed by atoms with Crippen molar-refractivity contribution in [2.24, 2.45) is 5.41 Å². The normalized spacial score (nSPS) is 11.7. The minimum absolute atomic E-state index is 0.0634. The lowest BCUT2D eigenvalue weighted by Gasteiger charge is -2.20. The van der Waals surface area contributed by atoms with Gasteiger partial charge in [-0.15, -0.1) is 5.10 Å². The summed E-state index contributed by atoms with van der Waals surface area (Å²) in [7, 11) is 0. The summed E-state index contributed by atoms with van der Waals surface area (Å²) in [5.74, 6) is -0.328. The van der Waals surface area contributed by atoms with E-state index in [9.17, 15) is 15.3 Å². The van der Waals surface area contributed by atoms with Crippen molar-refractivity contribution in [3.63, 3.8) is 0 Å². The van der Waals surface area contributed by atoms with E-state index in [1.807, 2.05) is 32.9 Å². The fourth-order valence-corrected chi connectivity index (χ4v) is 3.21. The number of aromatic nitrogens is 4. The van der Waals surface area contributed by atoms with Crippen LogP contribution in [0.3, 0.4) is 0 Å². The quantitative estimate of drug-likeness (QED) is 0.439. The van der Waals surface area contributed by atoms with Gasteiger partial charge in [0.05, 0.1) is 17.8 Å². The van der Waals surface area contributed by atoms with Crippen molar-refractivity contribution < 1.29 is 9.52 Å². The maximum Gasteiger partial charge on any atom is 0.273 e. The van der Waals surface area contributed by atoms with Gasteiger partial charge >= 0.3 is 0 Å². The molecule has 0 aliphatic carbocycles. The summed E-state index contributed by atoms with van der Waals surface area (Å²) >= 11 is 0. The molecule has 2 aromatic heterocycles.